The number of hydrogen-bond acceptors (Lipinski definition) is 0. The van der Waals surface area contributed by atoms with Crippen LogP contribution in [-0.4, -0.2) is 0 Å². The Kier molecular flexibility index (Phi) is 14.0. The van der Waals surface area contributed by atoms with E-state index in [1.807, 2.05) is 6.08 Å². The number of hydrogen-bond donors (Lipinski definition) is 0. The molecule has 0 unspecified atom stereocenters. The molecule has 0 aliphatic carbocycles. The average molecular weight is 231 g/mol. The Morgan fingerprint density at radius 1 is 0.706 bits per heavy atom. The van der Waals surface area contributed by atoms with Crippen molar-refractivity contribution >= 4 is 0 Å². The van der Waals surface area contributed by atoms with Crippen LogP contribution in [0.3, 0.4) is 0 Å². The van der Waals surface area contributed by atoms with Crippen molar-refractivity contribution in [1.82, 2.24) is 0 Å². The predicted octanol–water partition coefficient (Wildman–Crippen LogP) is 5.80. The predicted molar refractivity (Wildman–Crippen MR) is 79.9 cm³/mol. The van der Waals surface area contributed by atoms with Gasteiger partial charge in [-0.25, -0.2) is 0 Å². The molecule has 0 aliphatic rings. The fraction of sp³-hybridized carbons (Fsp3) is 0.471. The first kappa shape index (κ1) is 16.0. The molecule has 0 saturated heterocycles. The highest BCUT2D eigenvalue weighted by molar-refractivity contribution is 4.91. The van der Waals surface area contributed by atoms with Crippen LogP contribution in [-0.2, 0) is 0 Å². The molecule has 0 heterocycles. The Hall–Kier alpha value is -1.04. The highest BCUT2D eigenvalue weighted by atomic mass is 13.9. The molecule has 17 heavy (non-hydrogen) atoms. The molecule has 0 aromatic carbocycles. The Labute approximate surface area is 108 Å². The monoisotopic (exact) mass is 231 g/mol. The molecule has 1 radical (unpaired) electrons. The van der Waals surface area contributed by atoms with Gasteiger partial charge in [-0.2, -0.15) is 0 Å². The summed E-state index contributed by atoms with van der Waals surface area (Å²) in [4.78, 5) is 0. The average Bonchev–Trinajstić information content (AvgIpc) is 2.35. The number of rotatable bonds is 11. The first-order valence-electron chi connectivity index (χ1n) is 6.77. The van der Waals surface area contributed by atoms with Crippen molar-refractivity contribution in [2.75, 3.05) is 0 Å². The fourth-order valence-electron chi connectivity index (χ4n) is 1.49. The van der Waals surface area contributed by atoms with E-state index in [0.29, 0.717) is 0 Å². The Bertz CT molecular complexity index is 230. The molecule has 0 heteroatoms. The summed E-state index contributed by atoms with van der Waals surface area (Å²) in [5.41, 5.74) is 0. The van der Waals surface area contributed by atoms with Gasteiger partial charge in [0, 0.05) is 0 Å². The zero-order valence-electron chi connectivity index (χ0n) is 11.3. The molecular weight excluding hydrogens is 204 g/mol. The molecule has 0 atom stereocenters. The number of unbranched alkanes of at least 4 members (excludes halogenated alkanes) is 5. The van der Waals surface area contributed by atoms with Crippen LogP contribution in [0.25, 0.3) is 0 Å². The molecule has 0 rings (SSSR count). The minimum absolute atomic E-state index is 1.15. The van der Waals surface area contributed by atoms with E-state index in [-0.39, 0.29) is 0 Å². The van der Waals surface area contributed by atoms with E-state index in [9.17, 15) is 0 Å². The minimum atomic E-state index is 1.15. The molecule has 95 valence electrons. The van der Waals surface area contributed by atoms with Crippen LogP contribution in [0.1, 0.15) is 51.9 Å². The van der Waals surface area contributed by atoms with Gasteiger partial charge in [-0.3, -0.25) is 0 Å². The van der Waals surface area contributed by atoms with Crippen LogP contribution >= 0.6 is 0 Å². The van der Waals surface area contributed by atoms with E-state index in [0.717, 1.165) is 6.42 Å². The molecule has 0 nitrogen and oxygen atoms in total. The highest BCUT2D eigenvalue weighted by Gasteiger charge is 1.83. The van der Waals surface area contributed by atoms with Crippen molar-refractivity contribution in [2.24, 2.45) is 0 Å². The van der Waals surface area contributed by atoms with Crippen molar-refractivity contribution in [2.45, 2.75) is 51.9 Å². The highest BCUT2D eigenvalue weighted by Crippen LogP contribution is 2.02. The van der Waals surface area contributed by atoms with Gasteiger partial charge in [-0.15, -0.1) is 6.58 Å². The number of allylic oxidation sites excluding steroid dienone is 7. The lowest BCUT2D eigenvalue weighted by molar-refractivity contribution is 0.839. The lowest BCUT2D eigenvalue weighted by Crippen LogP contribution is -1.73. The summed E-state index contributed by atoms with van der Waals surface area (Å²) in [5, 5.41) is 0. The summed E-state index contributed by atoms with van der Waals surface area (Å²) < 4.78 is 0. The van der Waals surface area contributed by atoms with Crippen molar-refractivity contribution in [1.29, 1.82) is 0 Å². The van der Waals surface area contributed by atoms with Crippen molar-refractivity contribution in [3.05, 3.63) is 55.5 Å². The van der Waals surface area contributed by atoms with Gasteiger partial charge in [0.05, 0.1) is 0 Å². The maximum absolute atomic E-state index is 3.67. The first-order chi connectivity index (χ1) is 8.41. The normalized spacial score (nSPS) is 12.1. The molecule has 0 bridgehead atoms. The van der Waals surface area contributed by atoms with Crippen LogP contribution in [0.15, 0.2) is 49.1 Å². The molecule has 0 aliphatic heterocycles. The molecule has 0 fully saturated rings. The van der Waals surface area contributed by atoms with Gasteiger partial charge in [-0.05, 0) is 58.3 Å². The second-order valence-electron chi connectivity index (χ2n) is 4.07. The third-order valence-corrected chi connectivity index (χ3v) is 2.48. The summed E-state index contributed by atoms with van der Waals surface area (Å²) in [6, 6.07) is 0. The quantitative estimate of drug-likeness (QED) is 0.311. The molecular formula is C17H27. The van der Waals surface area contributed by atoms with E-state index < -0.39 is 0 Å². The lowest BCUT2D eigenvalue weighted by Gasteiger charge is -1.92. The zero-order valence-corrected chi connectivity index (χ0v) is 11.3. The van der Waals surface area contributed by atoms with Crippen LogP contribution in [0.2, 0.25) is 0 Å². The third-order valence-electron chi connectivity index (χ3n) is 2.48. The van der Waals surface area contributed by atoms with Gasteiger partial charge in [0.1, 0.15) is 0 Å². The van der Waals surface area contributed by atoms with Gasteiger partial charge >= 0.3 is 0 Å². The van der Waals surface area contributed by atoms with Gasteiger partial charge in [0.15, 0.2) is 0 Å². The summed E-state index contributed by atoms with van der Waals surface area (Å²) >= 11 is 0. The van der Waals surface area contributed by atoms with Crippen LogP contribution in [0.5, 0.6) is 0 Å². The van der Waals surface area contributed by atoms with Crippen molar-refractivity contribution < 1.29 is 0 Å². The second-order valence-corrected chi connectivity index (χ2v) is 4.07. The Morgan fingerprint density at radius 2 is 1.24 bits per heavy atom. The Morgan fingerprint density at radius 3 is 1.76 bits per heavy atom. The van der Waals surface area contributed by atoms with Gasteiger partial charge in [0.2, 0.25) is 0 Å². The maximum atomic E-state index is 3.67. The van der Waals surface area contributed by atoms with Crippen LogP contribution < -0.4 is 0 Å². The van der Waals surface area contributed by atoms with E-state index >= 15 is 0 Å². The van der Waals surface area contributed by atoms with E-state index in [1.54, 1.807) is 0 Å². The summed E-state index contributed by atoms with van der Waals surface area (Å²) in [6.45, 7) is 5.74. The molecule has 0 N–H and O–H groups in total. The van der Waals surface area contributed by atoms with Crippen molar-refractivity contribution in [3.8, 4) is 0 Å². The summed E-state index contributed by atoms with van der Waals surface area (Å²) in [6.07, 6.45) is 25.8. The second kappa shape index (κ2) is 15.0. The molecule has 0 aromatic rings. The standard InChI is InChI=1S/C17H27/c1-3-5-7-9-11-13-15-17-16-14-12-10-8-6-4-2/h3-6,12-15H,1,7-11,16-17H2,2H3/b6-4+,14-12+,15-13+. The van der Waals surface area contributed by atoms with E-state index in [4.69, 9.17) is 0 Å². The Balaban J connectivity index is 3.20. The van der Waals surface area contributed by atoms with Gasteiger partial charge < -0.3 is 0 Å². The largest absolute Gasteiger partial charge is 0.103 e. The minimum Gasteiger partial charge on any atom is -0.103 e. The fourth-order valence-corrected chi connectivity index (χ4v) is 1.49. The van der Waals surface area contributed by atoms with Gasteiger partial charge in [-0.1, -0.05) is 42.5 Å². The smallest absolute Gasteiger partial charge is 0.0173 e. The van der Waals surface area contributed by atoms with E-state index in [2.05, 4.69) is 56.4 Å². The van der Waals surface area contributed by atoms with Crippen LogP contribution in [0.4, 0.5) is 0 Å². The third kappa shape index (κ3) is 15.0. The molecule has 0 amide bonds. The molecule has 0 saturated carbocycles. The molecule has 0 aromatic heterocycles. The van der Waals surface area contributed by atoms with E-state index in [1.165, 1.54) is 38.5 Å². The van der Waals surface area contributed by atoms with Crippen LogP contribution in [0, 0.1) is 6.42 Å². The topological polar surface area (TPSA) is 0 Å². The SMILES string of the molecule is C=C[CH]CCC/C=C/CC/C=C/CC/C=C/C. The summed E-state index contributed by atoms with van der Waals surface area (Å²) in [5.74, 6) is 0. The zero-order chi connectivity index (χ0) is 12.6. The first-order valence-corrected chi connectivity index (χ1v) is 6.77. The molecule has 0 spiro atoms. The van der Waals surface area contributed by atoms with Crippen molar-refractivity contribution in [3.63, 3.8) is 0 Å². The summed E-state index contributed by atoms with van der Waals surface area (Å²) in [7, 11) is 0. The maximum Gasteiger partial charge on any atom is -0.0173 e. The van der Waals surface area contributed by atoms with Gasteiger partial charge in [0.25, 0.3) is 0 Å². The lowest BCUT2D eigenvalue weighted by atomic mass is 10.1.